The van der Waals surface area contributed by atoms with Crippen molar-refractivity contribution in [3.8, 4) is 11.6 Å². The molecule has 1 fully saturated rings. The maximum absolute atomic E-state index is 13.8. The Morgan fingerprint density at radius 1 is 1.03 bits per heavy atom. The van der Waals surface area contributed by atoms with Crippen molar-refractivity contribution in [3.05, 3.63) is 76.7 Å². The van der Waals surface area contributed by atoms with Crippen LogP contribution >= 0.6 is 0 Å². The first kappa shape index (κ1) is 25.0. The number of benzene rings is 2. The van der Waals surface area contributed by atoms with Crippen molar-refractivity contribution in [1.82, 2.24) is 14.9 Å². The Kier molecular flexibility index (Phi) is 6.74. The maximum atomic E-state index is 13.8. The number of hydrogen-bond donors (Lipinski definition) is 0. The first-order valence-corrected chi connectivity index (χ1v) is 12.2. The molecule has 1 saturated heterocycles. The molecule has 37 heavy (non-hydrogen) atoms. The molecule has 2 aliphatic heterocycles. The van der Waals surface area contributed by atoms with E-state index in [1.807, 2.05) is 0 Å². The number of halogens is 4. The second kappa shape index (κ2) is 9.99. The fourth-order valence-electron chi connectivity index (χ4n) is 4.63. The van der Waals surface area contributed by atoms with Gasteiger partial charge in [0.2, 0.25) is 11.8 Å². The van der Waals surface area contributed by atoms with Crippen LogP contribution in [0.4, 0.5) is 23.5 Å². The third kappa shape index (κ3) is 5.52. The van der Waals surface area contributed by atoms with Gasteiger partial charge in [0.15, 0.2) is 0 Å². The summed E-state index contributed by atoms with van der Waals surface area (Å²) in [6, 6.07) is 10.1. The number of nitrogens with zero attached hydrogens (tertiary/aromatic N) is 4. The van der Waals surface area contributed by atoms with Gasteiger partial charge in [0.1, 0.15) is 11.6 Å². The number of fused-ring (bicyclic) bond motifs is 1. The molecule has 0 atom stereocenters. The van der Waals surface area contributed by atoms with E-state index in [-0.39, 0.29) is 30.3 Å². The normalized spacial score (nSPS) is 16.5. The third-order valence-corrected chi connectivity index (χ3v) is 6.81. The lowest BCUT2D eigenvalue weighted by atomic mass is 9.99. The van der Waals surface area contributed by atoms with E-state index < -0.39 is 23.5 Å². The Balaban J connectivity index is 1.46. The number of hydrogen-bond acceptors (Lipinski definition) is 5. The molecule has 0 N–H and O–H groups in total. The number of ether oxygens (including phenoxy) is 1. The molecule has 2 aromatic carbocycles. The quantitative estimate of drug-likeness (QED) is 0.408. The van der Waals surface area contributed by atoms with Crippen molar-refractivity contribution in [1.29, 1.82) is 0 Å². The summed E-state index contributed by atoms with van der Waals surface area (Å²) in [5.74, 6) is 0.614. The highest BCUT2D eigenvalue weighted by Crippen LogP contribution is 2.34. The average Bonchev–Trinajstić information content (AvgIpc) is 2.88. The fourth-order valence-corrected chi connectivity index (χ4v) is 4.63. The minimum absolute atomic E-state index is 0.0501. The zero-order chi connectivity index (χ0) is 26.2. The molecule has 0 radical (unpaired) electrons. The van der Waals surface area contributed by atoms with Gasteiger partial charge in [-0.05, 0) is 49.1 Å². The molecular formula is C27H26F4N4O2. The number of carbonyl (C=O) groups excluding carboxylic acids is 1. The summed E-state index contributed by atoms with van der Waals surface area (Å²) in [5, 5.41) is 0. The molecule has 10 heteroatoms. The Labute approximate surface area is 211 Å². The van der Waals surface area contributed by atoms with Gasteiger partial charge in [-0.25, -0.2) is 9.37 Å². The number of carbonyl (C=O) groups is 1. The van der Waals surface area contributed by atoms with Gasteiger partial charge in [0.05, 0.1) is 23.4 Å². The van der Waals surface area contributed by atoms with Gasteiger partial charge in [-0.1, -0.05) is 19.1 Å². The summed E-state index contributed by atoms with van der Waals surface area (Å²) in [5.41, 5.74) is 0.341. The van der Waals surface area contributed by atoms with Gasteiger partial charge in [0.25, 0.3) is 5.91 Å². The van der Waals surface area contributed by atoms with Crippen LogP contribution in [0.2, 0.25) is 0 Å². The number of anilines is 1. The van der Waals surface area contributed by atoms with E-state index in [1.165, 1.54) is 35.2 Å². The maximum Gasteiger partial charge on any atom is 0.416 e. The molecule has 194 valence electrons. The minimum atomic E-state index is -4.55. The Morgan fingerprint density at radius 2 is 1.78 bits per heavy atom. The average molecular weight is 515 g/mol. The van der Waals surface area contributed by atoms with Crippen LogP contribution in [0.3, 0.4) is 0 Å². The molecule has 1 aromatic heterocycles. The lowest BCUT2D eigenvalue weighted by molar-refractivity contribution is -0.137. The second-order valence-corrected chi connectivity index (χ2v) is 9.54. The highest BCUT2D eigenvalue weighted by molar-refractivity contribution is 5.94. The Morgan fingerprint density at radius 3 is 2.51 bits per heavy atom. The molecule has 0 aliphatic carbocycles. The molecule has 0 bridgehead atoms. The van der Waals surface area contributed by atoms with E-state index >= 15 is 0 Å². The van der Waals surface area contributed by atoms with E-state index in [9.17, 15) is 22.4 Å². The number of aromatic nitrogens is 2. The molecule has 1 amide bonds. The molecule has 0 spiro atoms. The monoisotopic (exact) mass is 514 g/mol. The molecule has 2 aliphatic rings. The molecular weight excluding hydrogens is 488 g/mol. The summed E-state index contributed by atoms with van der Waals surface area (Å²) in [4.78, 5) is 26.1. The lowest BCUT2D eigenvalue weighted by Crippen LogP contribution is -2.38. The van der Waals surface area contributed by atoms with E-state index in [2.05, 4.69) is 16.8 Å². The standard InChI is InChI=1S/C27H26F4N4O2/c1-17-8-11-34(12-9-17)26-32-23-10-13-35(25(36)18-4-2-5-19(14-18)27(29,30)31)16-22(23)24(33-26)37-21-7-3-6-20(28)15-21/h2-7,14-15,17H,8-13,16H2,1H3. The van der Waals surface area contributed by atoms with Crippen LogP contribution in [0.5, 0.6) is 11.6 Å². The highest BCUT2D eigenvalue weighted by atomic mass is 19.4. The van der Waals surface area contributed by atoms with Crippen LogP contribution in [-0.2, 0) is 19.1 Å². The molecule has 0 saturated carbocycles. The second-order valence-electron chi connectivity index (χ2n) is 9.54. The number of alkyl halides is 3. The number of piperidine rings is 1. The van der Waals surface area contributed by atoms with Crippen molar-refractivity contribution >= 4 is 11.9 Å². The van der Waals surface area contributed by atoms with E-state index in [4.69, 9.17) is 9.72 Å². The number of rotatable bonds is 4. The van der Waals surface area contributed by atoms with Crippen molar-refractivity contribution < 1.29 is 27.1 Å². The lowest BCUT2D eigenvalue weighted by Gasteiger charge is -2.33. The van der Waals surface area contributed by atoms with Gasteiger partial charge in [0, 0.05) is 37.7 Å². The van der Waals surface area contributed by atoms with Gasteiger partial charge in [-0.15, -0.1) is 0 Å². The van der Waals surface area contributed by atoms with Gasteiger partial charge < -0.3 is 14.5 Å². The molecule has 5 rings (SSSR count). The van der Waals surface area contributed by atoms with Crippen LogP contribution < -0.4 is 9.64 Å². The van der Waals surface area contributed by atoms with E-state index in [0.29, 0.717) is 29.5 Å². The SMILES string of the molecule is CC1CCN(c2nc3c(c(Oc4cccc(F)c4)n2)CN(C(=O)c2cccc(C(F)(F)F)c2)CC3)CC1. The van der Waals surface area contributed by atoms with Crippen LogP contribution in [0.15, 0.2) is 48.5 Å². The minimum Gasteiger partial charge on any atom is -0.438 e. The zero-order valence-electron chi connectivity index (χ0n) is 20.3. The zero-order valence-corrected chi connectivity index (χ0v) is 20.3. The first-order valence-electron chi connectivity index (χ1n) is 12.2. The van der Waals surface area contributed by atoms with Crippen molar-refractivity contribution in [3.63, 3.8) is 0 Å². The number of amides is 1. The predicted molar refractivity (Wildman–Crippen MR) is 129 cm³/mol. The highest BCUT2D eigenvalue weighted by Gasteiger charge is 2.33. The first-order chi connectivity index (χ1) is 17.7. The summed E-state index contributed by atoms with van der Waals surface area (Å²) in [7, 11) is 0. The predicted octanol–water partition coefficient (Wildman–Crippen LogP) is 5.86. The summed E-state index contributed by atoms with van der Waals surface area (Å²) >= 11 is 0. The largest absolute Gasteiger partial charge is 0.438 e. The van der Waals surface area contributed by atoms with Crippen molar-refractivity contribution in [2.24, 2.45) is 5.92 Å². The van der Waals surface area contributed by atoms with Gasteiger partial charge >= 0.3 is 6.18 Å². The summed E-state index contributed by atoms with van der Waals surface area (Å²) < 4.78 is 59.4. The van der Waals surface area contributed by atoms with Crippen molar-refractivity contribution in [2.45, 2.75) is 38.9 Å². The van der Waals surface area contributed by atoms with E-state index in [0.717, 1.165) is 38.1 Å². The molecule has 3 heterocycles. The van der Waals surface area contributed by atoms with Crippen LogP contribution in [-0.4, -0.2) is 40.4 Å². The Bertz CT molecular complexity index is 1310. The fraction of sp³-hybridized carbons (Fsp3) is 0.370. The van der Waals surface area contributed by atoms with E-state index in [1.54, 1.807) is 6.07 Å². The third-order valence-electron chi connectivity index (χ3n) is 6.81. The van der Waals surface area contributed by atoms with Crippen molar-refractivity contribution in [2.75, 3.05) is 24.5 Å². The summed E-state index contributed by atoms with van der Waals surface area (Å²) in [6.45, 7) is 4.17. The van der Waals surface area contributed by atoms with Gasteiger partial charge in [-0.3, -0.25) is 4.79 Å². The van der Waals surface area contributed by atoms with Crippen LogP contribution in [0, 0.1) is 11.7 Å². The topological polar surface area (TPSA) is 58.6 Å². The smallest absolute Gasteiger partial charge is 0.416 e. The summed E-state index contributed by atoms with van der Waals surface area (Å²) in [6.07, 6.45) is -2.13. The van der Waals surface area contributed by atoms with Crippen LogP contribution in [0.25, 0.3) is 0 Å². The molecule has 6 nitrogen and oxygen atoms in total. The van der Waals surface area contributed by atoms with Crippen LogP contribution in [0.1, 0.15) is 46.9 Å². The molecule has 0 unspecified atom stereocenters. The molecule has 3 aromatic rings. The Hall–Kier alpha value is -3.69. The van der Waals surface area contributed by atoms with Gasteiger partial charge in [-0.2, -0.15) is 18.2 Å².